The molecule has 2 heterocycles. The molecule has 1 fully saturated rings. The minimum absolute atomic E-state index is 0.0706. The largest absolute Gasteiger partial charge is 0.343 e. The van der Waals surface area contributed by atoms with Crippen LogP contribution in [0.15, 0.2) is 35.5 Å². The van der Waals surface area contributed by atoms with Crippen LogP contribution < -0.4 is 5.32 Å². The van der Waals surface area contributed by atoms with Crippen molar-refractivity contribution in [1.29, 1.82) is 0 Å². The molecule has 1 atom stereocenters. The number of nitrogens with zero attached hydrogens (tertiary/aromatic N) is 4. The van der Waals surface area contributed by atoms with Crippen LogP contribution in [0.4, 0.5) is 0 Å². The number of aromatic nitrogens is 4. The Bertz CT molecular complexity index is 533. The molecule has 0 saturated carbocycles. The van der Waals surface area contributed by atoms with E-state index in [4.69, 9.17) is 0 Å². The summed E-state index contributed by atoms with van der Waals surface area (Å²) in [5.74, 6) is 0.0706. The van der Waals surface area contributed by atoms with Crippen molar-refractivity contribution in [2.45, 2.75) is 17.0 Å². The number of tetrazole rings is 1. The van der Waals surface area contributed by atoms with Crippen LogP contribution in [0.5, 0.6) is 0 Å². The van der Waals surface area contributed by atoms with Crippen LogP contribution >= 0.6 is 11.8 Å². The molecule has 1 aliphatic heterocycles. The molecule has 0 bridgehead atoms. The van der Waals surface area contributed by atoms with Gasteiger partial charge < -0.3 is 5.32 Å². The number of amides is 1. The van der Waals surface area contributed by atoms with E-state index >= 15 is 0 Å². The predicted octanol–water partition coefficient (Wildman–Crippen LogP) is 0.600. The van der Waals surface area contributed by atoms with Gasteiger partial charge in [-0.2, -0.15) is 4.68 Å². The molecule has 1 amide bonds. The smallest absolute Gasteiger partial charge is 0.223 e. The zero-order valence-corrected chi connectivity index (χ0v) is 9.59. The lowest BCUT2D eigenvalue weighted by molar-refractivity contribution is -0.126. The van der Waals surface area contributed by atoms with Crippen LogP contribution in [-0.4, -0.2) is 31.5 Å². The van der Waals surface area contributed by atoms with E-state index in [-0.39, 0.29) is 11.3 Å². The van der Waals surface area contributed by atoms with Crippen molar-refractivity contribution in [2.75, 3.05) is 0 Å². The van der Waals surface area contributed by atoms with Gasteiger partial charge in [0.25, 0.3) is 0 Å². The second-order valence-electron chi connectivity index (χ2n) is 3.59. The number of nitrogens with one attached hydrogen (secondary N) is 1. The van der Waals surface area contributed by atoms with Crippen LogP contribution in [0.1, 0.15) is 6.42 Å². The molecular formula is C10H9N5OS. The maximum atomic E-state index is 10.8. The first kappa shape index (κ1) is 10.3. The van der Waals surface area contributed by atoms with E-state index in [1.54, 1.807) is 4.68 Å². The van der Waals surface area contributed by atoms with Crippen molar-refractivity contribution >= 4 is 17.7 Å². The monoisotopic (exact) mass is 247 g/mol. The normalized spacial score (nSPS) is 18.6. The molecule has 1 aromatic carbocycles. The molecule has 1 aromatic heterocycles. The van der Waals surface area contributed by atoms with Gasteiger partial charge in [-0.1, -0.05) is 30.0 Å². The number of carbonyl (C=O) groups is 1. The lowest BCUT2D eigenvalue weighted by atomic mass is 10.3. The van der Waals surface area contributed by atoms with Crippen molar-refractivity contribution < 1.29 is 4.79 Å². The van der Waals surface area contributed by atoms with Gasteiger partial charge in [0, 0.05) is 0 Å². The molecule has 1 aliphatic rings. The summed E-state index contributed by atoms with van der Waals surface area (Å²) < 4.78 is 1.66. The molecular weight excluding hydrogens is 238 g/mol. The van der Waals surface area contributed by atoms with E-state index in [0.717, 1.165) is 5.69 Å². The first-order valence-electron chi connectivity index (χ1n) is 5.13. The molecule has 1 saturated heterocycles. The van der Waals surface area contributed by atoms with Gasteiger partial charge in [-0.3, -0.25) is 4.79 Å². The molecule has 0 spiro atoms. The summed E-state index contributed by atoms with van der Waals surface area (Å²) in [7, 11) is 0. The van der Waals surface area contributed by atoms with Crippen LogP contribution in [0.2, 0.25) is 0 Å². The van der Waals surface area contributed by atoms with Crippen LogP contribution in [-0.2, 0) is 4.79 Å². The van der Waals surface area contributed by atoms with Gasteiger partial charge in [-0.25, -0.2) is 0 Å². The Kier molecular flexibility index (Phi) is 2.52. The highest BCUT2D eigenvalue weighted by atomic mass is 32.2. The number of thioether (sulfide) groups is 1. The molecule has 2 aromatic rings. The molecule has 86 valence electrons. The molecule has 1 unspecified atom stereocenters. The average Bonchev–Trinajstić information content (AvgIpc) is 2.76. The summed E-state index contributed by atoms with van der Waals surface area (Å²) in [6.45, 7) is 0. The second-order valence-corrected chi connectivity index (χ2v) is 4.76. The first-order valence-corrected chi connectivity index (χ1v) is 6.01. The van der Waals surface area contributed by atoms with Crippen LogP contribution in [0.25, 0.3) is 5.69 Å². The fraction of sp³-hybridized carbons (Fsp3) is 0.200. The van der Waals surface area contributed by atoms with E-state index in [1.165, 1.54) is 11.8 Å². The van der Waals surface area contributed by atoms with Gasteiger partial charge >= 0.3 is 0 Å². The number of rotatable bonds is 3. The summed E-state index contributed by atoms with van der Waals surface area (Å²) in [5, 5.41) is 15.1. The van der Waals surface area contributed by atoms with Gasteiger partial charge in [0.05, 0.1) is 17.5 Å². The molecule has 0 radical (unpaired) electrons. The zero-order chi connectivity index (χ0) is 11.7. The highest BCUT2D eigenvalue weighted by molar-refractivity contribution is 7.99. The van der Waals surface area contributed by atoms with E-state index in [1.807, 2.05) is 30.3 Å². The highest BCUT2D eigenvalue weighted by Crippen LogP contribution is 2.26. The standard InChI is InChI=1S/C10H9N5OS/c16-8-6-9(11-8)17-10-12-13-14-15(10)7-4-2-1-3-5-7/h1-5,9H,6H2,(H,11,16). The molecule has 3 rings (SSSR count). The maximum absolute atomic E-state index is 10.8. The molecule has 6 nitrogen and oxygen atoms in total. The van der Waals surface area contributed by atoms with E-state index in [2.05, 4.69) is 20.8 Å². The first-order chi connectivity index (χ1) is 8.33. The lowest BCUT2D eigenvalue weighted by Gasteiger charge is -2.25. The SMILES string of the molecule is O=C1CC(Sc2nnnn2-c2ccccc2)N1. The fourth-order valence-corrected chi connectivity index (χ4v) is 2.51. The van der Waals surface area contributed by atoms with Gasteiger partial charge in [-0.05, 0) is 22.6 Å². The van der Waals surface area contributed by atoms with Gasteiger partial charge in [0.15, 0.2) is 0 Å². The average molecular weight is 247 g/mol. The zero-order valence-electron chi connectivity index (χ0n) is 8.78. The number of hydrogen-bond acceptors (Lipinski definition) is 5. The Labute approximate surface area is 101 Å². The van der Waals surface area contributed by atoms with Crippen molar-refractivity contribution in [3.8, 4) is 5.69 Å². The van der Waals surface area contributed by atoms with Crippen molar-refractivity contribution in [1.82, 2.24) is 25.5 Å². The Hall–Kier alpha value is -1.89. The molecule has 17 heavy (non-hydrogen) atoms. The van der Waals surface area contributed by atoms with Gasteiger partial charge in [-0.15, -0.1) is 5.10 Å². The third-order valence-electron chi connectivity index (χ3n) is 2.38. The van der Waals surface area contributed by atoms with E-state index in [0.29, 0.717) is 11.6 Å². The fourth-order valence-electron chi connectivity index (χ4n) is 1.51. The number of β-lactam (4-membered cyclic amide) rings is 1. The van der Waals surface area contributed by atoms with Gasteiger partial charge in [0.2, 0.25) is 11.1 Å². The van der Waals surface area contributed by atoms with E-state index in [9.17, 15) is 4.79 Å². The van der Waals surface area contributed by atoms with Crippen molar-refractivity contribution in [2.24, 2.45) is 0 Å². The summed E-state index contributed by atoms with van der Waals surface area (Å²) >= 11 is 1.46. The summed E-state index contributed by atoms with van der Waals surface area (Å²) in [4.78, 5) is 10.8. The number of benzene rings is 1. The number of para-hydroxylation sites is 1. The predicted molar refractivity (Wildman–Crippen MR) is 61.6 cm³/mol. The quantitative estimate of drug-likeness (QED) is 0.804. The Morgan fingerprint density at radius 2 is 2.12 bits per heavy atom. The second kappa shape index (κ2) is 4.17. The topological polar surface area (TPSA) is 72.7 Å². The lowest BCUT2D eigenvalue weighted by Crippen LogP contribution is -2.46. The Balaban J connectivity index is 1.82. The third-order valence-corrected chi connectivity index (χ3v) is 3.42. The minimum Gasteiger partial charge on any atom is -0.343 e. The van der Waals surface area contributed by atoms with Crippen LogP contribution in [0.3, 0.4) is 0 Å². The van der Waals surface area contributed by atoms with Crippen LogP contribution in [0, 0.1) is 0 Å². The van der Waals surface area contributed by atoms with Crippen molar-refractivity contribution in [3.05, 3.63) is 30.3 Å². The van der Waals surface area contributed by atoms with Gasteiger partial charge in [0.1, 0.15) is 0 Å². The third kappa shape index (κ3) is 2.01. The Morgan fingerprint density at radius 3 is 2.82 bits per heavy atom. The minimum atomic E-state index is 0.0706. The maximum Gasteiger partial charge on any atom is 0.223 e. The summed E-state index contributed by atoms with van der Waals surface area (Å²) in [6.07, 6.45) is 0.520. The summed E-state index contributed by atoms with van der Waals surface area (Å²) in [5.41, 5.74) is 0.908. The van der Waals surface area contributed by atoms with Crippen molar-refractivity contribution in [3.63, 3.8) is 0 Å². The molecule has 0 aliphatic carbocycles. The Morgan fingerprint density at radius 1 is 1.35 bits per heavy atom. The molecule has 7 heteroatoms. The highest BCUT2D eigenvalue weighted by Gasteiger charge is 2.28. The van der Waals surface area contributed by atoms with E-state index < -0.39 is 0 Å². The number of carbonyl (C=O) groups excluding carboxylic acids is 1. The number of hydrogen-bond donors (Lipinski definition) is 1. The summed E-state index contributed by atoms with van der Waals surface area (Å²) in [6, 6.07) is 9.65. The molecule has 1 N–H and O–H groups in total.